The zero-order valence-electron chi connectivity index (χ0n) is 11.9. The lowest BCUT2D eigenvalue weighted by Gasteiger charge is -2.21. The molecule has 3 rings (SSSR count). The van der Waals surface area contributed by atoms with Gasteiger partial charge in [0.1, 0.15) is 17.2 Å². The molecule has 5 nitrogen and oxygen atoms in total. The van der Waals surface area contributed by atoms with E-state index in [0.717, 1.165) is 0 Å². The summed E-state index contributed by atoms with van der Waals surface area (Å²) in [6, 6.07) is 5.49. The Morgan fingerprint density at radius 1 is 0.909 bits per heavy atom. The Labute approximate surface area is 126 Å². The van der Waals surface area contributed by atoms with E-state index in [0.29, 0.717) is 18.4 Å². The number of benzene rings is 2. The van der Waals surface area contributed by atoms with Crippen LogP contribution in [0.3, 0.4) is 0 Å². The topological polar surface area (TPSA) is 94.8 Å². The average Bonchev–Trinajstić information content (AvgIpc) is 2.48. The molecule has 2 aromatic carbocycles. The Kier molecular flexibility index (Phi) is 3.13. The molecule has 0 spiro atoms. The number of rotatable bonds is 2. The van der Waals surface area contributed by atoms with Crippen molar-refractivity contribution in [3.8, 4) is 17.2 Å². The molecule has 112 valence electrons. The van der Waals surface area contributed by atoms with Gasteiger partial charge in [0.15, 0.2) is 5.78 Å². The van der Waals surface area contributed by atoms with Gasteiger partial charge in [-0.1, -0.05) is 25.5 Å². The van der Waals surface area contributed by atoms with Crippen molar-refractivity contribution in [1.29, 1.82) is 0 Å². The third-order valence-corrected chi connectivity index (χ3v) is 3.85. The molecule has 1 aliphatic rings. The van der Waals surface area contributed by atoms with E-state index in [1.54, 1.807) is 0 Å². The van der Waals surface area contributed by atoms with Crippen molar-refractivity contribution in [3.63, 3.8) is 0 Å². The molecule has 0 fully saturated rings. The molecule has 0 aromatic heterocycles. The van der Waals surface area contributed by atoms with Crippen LogP contribution in [0.4, 0.5) is 0 Å². The first-order chi connectivity index (χ1) is 10.5. The quantitative estimate of drug-likeness (QED) is 0.632. The second-order valence-electron chi connectivity index (χ2n) is 5.26. The Morgan fingerprint density at radius 2 is 1.64 bits per heavy atom. The van der Waals surface area contributed by atoms with Gasteiger partial charge in [0.2, 0.25) is 5.78 Å². The first-order valence-electron chi connectivity index (χ1n) is 6.96. The van der Waals surface area contributed by atoms with Crippen molar-refractivity contribution < 1.29 is 24.9 Å². The van der Waals surface area contributed by atoms with Crippen molar-refractivity contribution in [3.05, 3.63) is 52.1 Å². The molecular weight excluding hydrogens is 284 g/mol. The summed E-state index contributed by atoms with van der Waals surface area (Å²) >= 11 is 0. The van der Waals surface area contributed by atoms with Crippen molar-refractivity contribution in [2.75, 3.05) is 0 Å². The van der Waals surface area contributed by atoms with Crippen LogP contribution in [0.5, 0.6) is 17.2 Å². The van der Waals surface area contributed by atoms with E-state index in [4.69, 9.17) is 0 Å². The number of carbonyl (C=O) groups is 2. The minimum atomic E-state index is -0.659. The fraction of sp³-hybridized carbons (Fsp3) is 0.176. The third-order valence-electron chi connectivity index (χ3n) is 3.85. The van der Waals surface area contributed by atoms with E-state index in [1.807, 2.05) is 6.92 Å². The van der Waals surface area contributed by atoms with Crippen LogP contribution >= 0.6 is 0 Å². The van der Waals surface area contributed by atoms with E-state index in [9.17, 15) is 24.9 Å². The van der Waals surface area contributed by atoms with Gasteiger partial charge in [0, 0.05) is 5.56 Å². The van der Waals surface area contributed by atoms with Crippen molar-refractivity contribution >= 4 is 11.6 Å². The fourth-order valence-corrected chi connectivity index (χ4v) is 2.85. The summed E-state index contributed by atoms with van der Waals surface area (Å²) < 4.78 is 0. The zero-order chi connectivity index (χ0) is 16.0. The molecule has 22 heavy (non-hydrogen) atoms. The largest absolute Gasteiger partial charge is 0.507 e. The number of hydrogen-bond donors (Lipinski definition) is 3. The Morgan fingerprint density at radius 3 is 2.32 bits per heavy atom. The van der Waals surface area contributed by atoms with Gasteiger partial charge in [-0.2, -0.15) is 0 Å². The summed E-state index contributed by atoms with van der Waals surface area (Å²) in [7, 11) is 0. The number of carbonyl (C=O) groups excluding carboxylic acids is 2. The minimum Gasteiger partial charge on any atom is -0.507 e. The van der Waals surface area contributed by atoms with Crippen LogP contribution in [-0.4, -0.2) is 26.9 Å². The van der Waals surface area contributed by atoms with Gasteiger partial charge in [0.25, 0.3) is 0 Å². The van der Waals surface area contributed by atoms with E-state index in [2.05, 4.69) is 0 Å². The van der Waals surface area contributed by atoms with Crippen LogP contribution in [0.25, 0.3) is 0 Å². The number of hydrogen-bond acceptors (Lipinski definition) is 5. The average molecular weight is 298 g/mol. The van der Waals surface area contributed by atoms with Crippen LogP contribution in [0.2, 0.25) is 0 Å². The van der Waals surface area contributed by atoms with E-state index in [1.165, 1.54) is 24.3 Å². The number of fused-ring (bicyclic) bond motifs is 2. The highest BCUT2D eigenvalue weighted by molar-refractivity contribution is 6.31. The van der Waals surface area contributed by atoms with Crippen molar-refractivity contribution in [1.82, 2.24) is 0 Å². The molecule has 5 heteroatoms. The lowest BCUT2D eigenvalue weighted by atomic mass is 9.81. The van der Waals surface area contributed by atoms with Crippen LogP contribution in [0.15, 0.2) is 24.3 Å². The molecule has 0 saturated carbocycles. The number of aryl methyl sites for hydroxylation is 1. The lowest BCUT2D eigenvalue weighted by Crippen LogP contribution is -2.21. The van der Waals surface area contributed by atoms with Crippen LogP contribution in [0.1, 0.15) is 50.8 Å². The maximum absolute atomic E-state index is 12.6. The highest BCUT2D eigenvalue weighted by Gasteiger charge is 2.37. The Balaban J connectivity index is 2.35. The highest BCUT2D eigenvalue weighted by atomic mass is 16.3. The smallest absolute Gasteiger partial charge is 0.202 e. The summed E-state index contributed by atoms with van der Waals surface area (Å²) in [5, 5.41) is 30.3. The first-order valence-corrected chi connectivity index (χ1v) is 6.96. The zero-order valence-corrected chi connectivity index (χ0v) is 11.9. The summed E-state index contributed by atoms with van der Waals surface area (Å²) in [5.41, 5.74) is -0.152. The molecule has 0 amide bonds. The van der Waals surface area contributed by atoms with Crippen LogP contribution < -0.4 is 0 Å². The highest BCUT2D eigenvalue weighted by Crippen LogP contribution is 2.42. The number of aromatic hydroxyl groups is 3. The molecule has 2 aromatic rings. The second kappa shape index (κ2) is 4.87. The van der Waals surface area contributed by atoms with Crippen molar-refractivity contribution in [2.24, 2.45) is 0 Å². The predicted molar refractivity (Wildman–Crippen MR) is 78.7 cm³/mol. The number of phenols is 3. The minimum absolute atomic E-state index is 0.0236. The molecule has 0 aliphatic heterocycles. The summed E-state index contributed by atoms with van der Waals surface area (Å²) in [5.74, 6) is -2.20. The van der Waals surface area contributed by atoms with Gasteiger partial charge >= 0.3 is 0 Å². The number of phenolic OH excluding ortho intramolecular Hbond substituents is 3. The van der Waals surface area contributed by atoms with E-state index in [-0.39, 0.29) is 39.5 Å². The van der Waals surface area contributed by atoms with E-state index < -0.39 is 11.6 Å². The monoisotopic (exact) mass is 298 g/mol. The van der Waals surface area contributed by atoms with Gasteiger partial charge in [-0.05, 0) is 24.1 Å². The van der Waals surface area contributed by atoms with Gasteiger partial charge < -0.3 is 15.3 Å². The molecule has 0 saturated heterocycles. The maximum Gasteiger partial charge on any atom is 0.202 e. The SMILES string of the molecule is CCCc1cc(O)c2c(c1O)C(=O)c1c(O)cccc1C2=O. The molecule has 0 heterocycles. The predicted octanol–water partition coefficient (Wildman–Crippen LogP) is 2.53. The Hall–Kier alpha value is -2.82. The molecule has 0 atom stereocenters. The fourth-order valence-electron chi connectivity index (χ4n) is 2.85. The summed E-state index contributed by atoms with van der Waals surface area (Å²) in [4.78, 5) is 25.1. The summed E-state index contributed by atoms with van der Waals surface area (Å²) in [6.45, 7) is 1.89. The molecule has 1 aliphatic carbocycles. The molecule has 3 N–H and O–H groups in total. The van der Waals surface area contributed by atoms with Crippen LogP contribution in [0, 0.1) is 0 Å². The summed E-state index contributed by atoms with van der Waals surface area (Å²) in [6.07, 6.45) is 1.16. The second-order valence-corrected chi connectivity index (χ2v) is 5.26. The number of ketones is 2. The molecule has 0 radical (unpaired) electrons. The normalized spacial score (nSPS) is 13.0. The Bertz CT molecular complexity index is 820. The molecular formula is C17H14O5. The van der Waals surface area contributed by atoms with Crippen molar-refractivity contribution in [2.45, 2.75) is 19.8 Å². The molecule has 0 bridgehead atoms. The van der Waals surface area contributed by atoms with Gasteiger partial charge in [-0.15, -0.1) is 0 Å². The van der Waals surface area contributed by atoms with Gasteiger partial charge in [-0.25, -0.2) is 0 Å². The van der Waals surface area contributed by atoms with Gasteiger partial charge in [0.05, 0.1) is 16.7 Å². The first kappa shape index (κ1) is 14.1. The van der Waals surface area contributed by atoms with Gasteiger partial charge in [-0.3, -0.25) is 9.59 Å². The molecule has 0 unspecified atom stereocenters. The van der Waals surface area contributed by atoms with Crippen LogP contribution in [-0.2, 0) is 6.42 Å². The lowest BCUT2D eigenvalue weighted by molar-refractivity contribution is 0.0971. The maximum atomic E-state index is 12.6. The third kappa shape index (κ3) is 1.79. The standard InChI is InChI=1S/C17H14O5/c1-2-4-8-7-11(19)13-14(15(8)20)17(22)12-9(16(13)21)5-3-6-10(12)18/h3,5-7,18-20H,2,4H2,1H3. The van der Waals surface area contributed by atoms with E-state index >= 15 is 0 Å².